The Morgan fingerprint density at radius 3 is 2.69 bits per heavy atom. The molecule has 1 aliphatic carbocycles. The number of hydrogen-bond donors (Lipinski definition) is 1. The maximum atomic E-state index is 12.0. The van der Waals surface area contributed by atoms with Crippen molar-refractivity contribution >= 4 is 5.91 Å². The summed E-state index contributed by atoms with van der Waals surface area (Å²) in [5.41, 5.74) is 5.68. The summed E-state index contributed by atoms with van der Waals surface area (Å²) < 4.78 is 0. The van der Waals surface area contributed by atoms with Crippen LogP contribution in [-0.2, 0) is 4.79 Å². The third-order valence-corrected chi connectivity index (χ3v) is 3.07. The normalized spacial score (nSPS) is 17.2. The molecule has 1 saturated carbocycles. The van der Waals surface area contributed by atoms with Crippen LogP contribution in [0.3, 0.4) is 0 Å². The van der Waals surface area contributed by atoms with Crippen LogP contribution in [0.25, 0.3) is 0 Å². The van der Waals surface area contributed by atoms with Crippen LogP contribution in [0.2, 0.25) is 0 Å². The standard InChI is InChI=1S/C13H26N2O/c1-3-9-15(10-12-7-8-12)13(16)6-4-5-11(2)14/h11-12H,3-10,14H2,1-2H3. The molecule has 0 spiro atoms. The zero-order valence-corrected chi connectivity index (χ0v) is 10.7. The van der Waals surface area contributed by atoms with Gasteiger partial charge >= 0.3 is 0 Å². The summed E-state index contributed by atoms with van der Waals surface area (Å²) in [6, 6.07) is 0.218. The van der Waals surface area contributed by atoms with E-state index in [2.05, 4.69) is 11.8 Å². The highest BCUT2D eigenvalue weighted by atomic mass is 16.2. The maximum Gasteiger partial charge on any atom is 0.222 e. The van der Waals surface area contributed by atoms with Gasteiger partial charge in [0.05, 0.1) is 0 Å². The van der Waals surface area contributed by atoms with Crippen molar-refractivity contribution in [2.45, 2.75) is 58.4 Å². The van der Waals surface area contributed by atoms with E-state index in [-0.39, 0.29) is 6.04 Å². The molecule has 1 rings (SSSR count). The molecule has 0 aliphatic heterocycles. The molecule has 0 saturated heterocycles. The molecule has 1 atom stereocenters. The predicted molar refractivity (Wildman–Crippen MR) is 67.1 cm³/mol. The Bertz CT molecular complexity index is 212. The van der Waals surface area contributed by atoms with E-state index in [0.717, 1.165) is 38.3 Å². The van der Waals surface area contributed by atoms with Crippen LogP contribution in [0.1, 0.15) is 52.4 Å². The van der Waals surface area contributed by atoms with Gasteiger partial charge in [-0.25, -0.2) is 0 Å². The number of amides is 1. The van der Waals surface area contributed by atoms with Gasteiger partial charge in [-0.3, -0.25) is 4.79 Å². The molecule has 94 valence electrons. The highest BCUT2D eigenvalue weighted by molar-refractivity contribution is 5.76. The minimum atomic E-state index is 0.218. The molecule has 0 bridgehead atoms. The molecule has 3 heteroatoms. The first-order valence-corrected chi connectivity index (χ1v) is 6.66. The number of carbonyl (C=O) groups excluding carboxylic acids is 1. The summed E-state index contributed by atoms with van der Waals surface area (Å²) >= 11 is 0. The lowest BCUT2D eigenvalue weighted by Gasteiger charge is -2.22. The van der Waals surface area contributed by atoms with Crippen molar-refractivity contribution in [2.24, 2.45) is 11.7 Å². The van der Waals surface area contributed by atoms with Gasteiger partial charge in [0.15, 0.2) is 0 Å². The molecule has 1 amide bonds. The number of nitrogens with zero attached hydrogens (tertiary/aromatic N) is 1. The van der Waals surface area contributed by atoms with Gasteiger partial charge < -0.3 is 10.6 Å². The fourth-order valence-corrected chi connectivity index (χ4v) is 1.93. The molecule has 0 heterocycles. The number of nitrogens with two attached hydrogens (primary N) is 1. The average Bonchev–Trinajstić information content (AvgIpc) is 3.00. The average molecular weight is 226 g/mol. The molecule has 2 N–H and O–H groups in total. The van der Waals surface area contributed by atoms with Crippen LogP contribution in [0.4, 0.5) is 0 Å². The topological polar surface area (TPSA) is 46.3 Å². The lowest BCUT2D eigenvalue weighted by Crippen LogP contribution is -2.33. The molecule has 0 radical (unpaired) electrons. The van der Waals surface area contributed by atoms with E-state index < -0.39 is 0 Å². The van der Waals surface area contributed by atoms with Gasteiger partial charge in [0.1, 0.15) is 0 Å². The maximum absolute atomic E-state index is 12.0. The Morgan fingerprint density at radius 2 is 2.19 bits per heavy atom. The van der Waals surface area contributed by atoms with Crippen molar-refractivity contribution < 1.29 is 4.79 Å². The summed E-state index contributed by atoms with van der Waals surface area (Å²) in [6.07, 6.45) is 6.25. The Balaban J connectivity index is 2.22. The first-order valence-electron chi connectivity index (χ1n) is 6.66. The minimum absolute atomic E-state index is 0.218. The summed E-state index contributed by atoms with van der Waals surface area (Å²) in [4.78, 5) is 14.0. The Morgan fingerprint density at radius 1 is 1.50 bits per heavy atom. The van der Waals surface area contributed by atoms with Gasteiger partial charge in [-0.05, 0) is 44.9 Å². The summed E-state index contributed by atoms with van der Waals surface area (Å²) in [6.45, 7) is 6.05. The second-order valence-corrected chi connectivity index (χ2v) is 5.15. The van der Waals surface area contributed by atoms with Crippen LogP contribution < -0.4 is 5.73 Å². The second kappa shape index (κ2) is 6.89. The highest BCUT2D eigenvalue weighted by Gasteiger charge is 2.25. The van der Waals surface area contributed by atoms with E-state index in [9.17, 15) is 4.79 Å². The molecular formula is C13H26N2O. The van der Waals surface area contributed by atoms with Crippen molar-refractivity contribution in [2.75, 3.05) is 13.1 Å². The van der Waals surface area contributed by atoms with E-state index in [1.54, 1.807) is 0 Å². The van der Waals surface area contributed by atoms with Crippen LogP contribution in [0.15, 0.2) is 0 Å². The molecule has 1 unspecified atom stereocenters. The minimum Gasteiger partial charge on any atom is -0.342 e. The number of rotatable bonds is 8. The number of carbonyl (C=O) groups is 1. The summed E-state index contributed by atoms with van der Waals surface area (Å²) in [7, 11) is 0. The van der Waals surface area contributed by atoms with Gasteiger partial charge in [0, 0.05) is 25.6 Å². The molecule has 0 aromatic carbocycles. The molecule has 0 aromatic rings. The van der Waals surface area contributed by atoms with Crippen molar-refractivity contribution in [3.63, 3.8) is 0 Å². The van der Waals surface area contributed by atoms with Crippen LogP contribution in [-0.4, -0.2) is 29.9 Å². The van der Waals surface area contributed by atoms with Crippen molar-refractivity contribution in [3.05, 3.63) is 0 Å². The summed E-state index contributed by atoms with van der Waals surface area (Å²) in [5.74, 6) is 1.12. The van der Waals surface area contributed by atoms with Gasteiger partial charge in [-0.2, -0.15) is 0 Å². The van der Waals surface area contributed by atoms with Crippen molar-refractivity contribution in [1.29, 1.82) is 0 Å². The molecule has 0 aromatic heterocycles. The van der Waals surface area contributed by atoms with E-state index in [1.807, 2.05) is 6.92 Å². The van der Waals surface area contributed by atoms with Crippen LogP contribution in [0, 0.1) is 5.92 Å². The summed E-state index contributed by atoms with van der Waals surface area (Å²) in [5, 5.41) is 0. The fourth-order valence-electron chi connectivity index (χ4n) is 1.93. The first-order chi connectivity index (χ1) is 7.63. The predicted octanol–water partition coefficient (Wildman–Crippen LogP) is 2.15. The quantitative estimate of drug-likeness (QED) is 0.689. The Labute approximate surface area is 99.4 Å². The molecule has 1 fully saturated rings. The van der Waals surface area contributed by atoms with E-state index in [0.29, 0.717) is 12.3 Å². The van der Waals surface area contributed by atoms with E-state index >= 15 is 0 Å². The lowest BCUT2D eigenvalue weighted by molar-refractivity contribution is -0.131. The Kier molecular flexibility index (Phi) is 5.81. The van der Waals surface area contributed by atoms with Crippen LogP contribution in [0.5, 0.6) is 0 Å². The van der Waals surface area contributed by atoms with Crippen LogP contribution >= 0.6 is 0 Å². The SMILES string of the molecule is CCCN(CC1CC1)C(=O)CCCC(C)N. The van der Waals surface area contributed by atoms with E-state index in [1.165, 1.54) is 12.8 Å². The molecule has 3 nitrogen and oxygen atoms in total. The Hall–Kier alpha value is -0.570. The zero-order valence-electron chi connectivity index (χ0n) is 10.7. The zero-order chi connectivity index (χ0) is 12.0. The monoisotopic (exact) mass is 226 g/mol. The van der Waals surface area contributed by atoms with E-state index in [4.69, 9.17) is 5.73 Å². The lowest BCUT2D eigenvalue weighted by atomic mass is 10.1. The van der Waals surface area contributed by atoms with Gasteiger partial charge in [-0.15, -0.1) is 0 Å². The largest absolute Gasteiger partial charge is 0.342 e. The van der Waals surface area contributed by atoms with Gasteiger partial charge in [0.25, 0.3) is 0 Å². The van der Waals surface area contributed by atoms with Gasteiger partial charge in [-0.1, -0.05) is 6.92 Å². The van der Waals surface area contributed by atoms with Gasteiger partial charge in [0.2, 0.25) is 5.91 Å². The third kappa shape index (κ3) is 5.50. The van der Waals surface area contributed by atoms with Crippen molar-refractivity contribution in [3.8, 4) is 0 Å². The van der Waals surface area contributed by atoms with Crippen molar-refractivity contribution in [1.82, 2.24) is 4.90 Å². The smallest absolute Gasteiger partial charge is 0.222 e. The molecule has 1 aliphatic rings. The first kappa shape index (κ1) is 13.5. The second-order valence-electron chi connectivity index (χ2n) is 5.15. The number of hydrogen-bond acceptors (Lipinski definition) is 2. The molecular weight excluding hydrogens is 200 g/mol. The molecule has 16 heavy (non-hydrogen) atoms. The fraction of sp³-hybridized carbons (Fsp3) is 0.923. The third-order valence-electron chi connectivity index (χ3n) is 3.07. The highest BCUT2D eigenvalue weighted by Crippen LogP contribution is 2.30.